The Kier molecular flexibility index (Phi) is 6.34. The number of carbonyl (C=O) groups is 1. The van der Waals surface area contributed by atoms with Crippen LogP contribution in [-0.2, 0) is 17.8 Å². The molecule has 0 spiro atoms. The fourth-order valence-corrected chi connectivity index (χ4v) is 3.67. The summed E-state index contributed by atoms with van der Waals surface area (Å²) < 4.78 is 35.3. The Bertz CT molecular complexity index is 1180. The number of rotatable bonds is 9. The highest BCUT2D eigenvalue weighted by molar-refractivity contribution is 5.88. The normalized spacial score (nSPS) is 13.4. The van der Waals surface area contributed by atoms with Gasteiger partial charge in [-0.3, -0.25) is 9.59 Å². The van der Waals surface area contributed by atoms with E-state index in [4.69, 9.17) is 4.74 Å². The lowest BCUT2D eigenvalue weighted by Gasteiger charge is -2.23. The van der Waals surface area contributed by atoms with Crippen LogP contribution < -0.4 is 15.0 Å². The first kappa shape index (κ1) is 21.7. The molecule has 1 heterocycles. The molecule has 0 unspecified atom stereocenters. The largest absolute Gasteiger partial charge is 0.490 e. The molecule has 0 atom stereocenters. The molecule has 168 valence electrons. The van der Waals surface area contributed by atoms with Crippen molar-refractivity contribution in [3.63, 3.8) is 0 Å². The Hall–Kier alpha value is -3.49. The van der Waals surface area contributed by atoms with Gasteiger partial charge in [0, 0.05) is 18.0 Å². The summed E-state index contributed by atoms with van der Waals surface area (Å²) in [6, 6.07) is 11.8. The first-order valence-electron chi connectivity index (χ1n) is 10.4. The zero-order chi connectivity index (χ0) is 22.7. The van der Waals surface area contributed by atoms with E-state index in [1.165, 1.54) is 6.07 Å². The summed E-state index contributed by atoms with van der Waals surface area (Å²) in [6.45, 7) is -0.608. The van der Waals surface area contributed by atoms with Crippen LogP contribution in [0.5, 0.6) is 11.5 Å². The SMILES string of the molecule is CCOc1cc(CN(C(=O)Cc2n[nH]c(=O)c3ccccc23)C2CC2)ccc1OC(F)F. The lowest BCUT2D eigenvalue weighted by molar-refractivity contribution is -0.131. The minimum Gasteiger partial charge on any atom is -0.490 e. The molecule has 1 N–H and O–H groups in total. The van der Waals surface area contributed by atoms with Gasteiger partial charge in [-0.15, -0.1) is 0 Å². The second kappa shape index (κ2) is 9.33. The van der Waals surface area contributed by atoms with E-state index in [0.717, 1.165) is 18.4 Å². The van der Waals surface area contributed by atoms with E-state index < -0.39 is 6.61 Å². The average Bonchev–Trinajstić information content (AvgIpc) is 3.61. The second-order valence-corrected chi connectivity index (χ2v) is 7.57. The summed E-state index contributed by atoms with van der Waals surface area (Å²) in [5, 5.41) is 7.69. The molecule has 0 radical (unpaired) electrons. The minimum atomic E-state index is -2.95. The van der Waals surface area contributed by atoms with Crippen molar-refractivity contribution in [2.24, 2.45) is 0 Å². The number of amides is 1. The molecule has 1 amide bonds. The standard InChI is InChI=1S/C23H23F2N3O4/c1-2-31-20-11-14(7-10-19(20)32-23(24)25)13-28(15-8-9-15)21(29)12-18-16-5-3-4-6-17(16)22(30)27-26-18/h3-7,10-11,15,23H,2,8-9,12-13H2,1H3,(H,27,30). The summed E-state index contributed by atoms with van der Waals surface area (Å²) in [5.41, 5.74) is 0.951. The third-order valence-corrected chi connectivity index (χ3v) is 5.28. The van der Waals surface area contributed by atoms with Crippen molar-refractivity contribution in [2.75, 3.05) is 6.61 Å². The van der Waals surface area contributed by atoms with Crippen LogP contribution in [0, 0.1) is 0 Å². The van der Waals surface area contributed by atoms with E-state index >= 15 is 0 Å². The van der Waals surface area contributed by atoms with E-state index in [1.54, 1.807) is 48.2 Å². The van der Waals surface area contributed by atoms with Gasteiger partial charge in [0.1, 0.15) is 0 Å². The number of hydrogen-bond donors (Lipinski definition) is 1. The zero-order valence-electron chi connectivity index (χ0n) is 17.5. The van der Waals surface area contributed by atoms with E-state index in [0.29, 0.717) is 29.6 Å². The van der Waals surface area contributed by atoms with Crippen LogP contribution in [0.1, 0.15) is 31.0 Å². The Labute approximate surface area is 182 Å². The van der Waals surface area contributed by atoms with Crippen LogP contribution in [0.4, 0.5) is 8.78 Å². The first-order chi connectivity index (χ1) is 15.5. The maximum Gasteiger partial charge on any atom is 0.387 e. The zero-order valence-corrected chi connectivity index (χ0v) is 17.5. The molecular formula is C23H23F2N3O4. The number of nitrogens with one attached hydrogen (secondary N) is 1. The Morgan fingerprint density at radius 3 is 2.62 bits per heavy atom. The van der Waals surface area contributed by atoms with Crippen LogP contribution in [0.25, 0.3) is 10.8 Å². The first-order valence-corrected chi connectivity index (χ1v) is 10.4. The van der Waals surface area contributed by atoms with Gasteiger partial charge in [-0.1, -0.05) is 24.3 Å². The second-order valence-electron chi connectivity index (χ2n) is 7.57. The number of hydrogen-bond acceptors (Lipinski definition) is 5. The molecule has 1 fully saturated rings. The molecule has 1 aliphatic carbocycles. The number of aromatic amines is 1. The number of aromatic nitrogens is 2. The molecular weight excluding hydrogens is 420 g/mol. The number of nitrogens with zero attached hydrogens (tertiary/aromatic N) is 2. The number of carbonyl (C=O) groups excluding carboxylic acids is 1. The van der Waals surface area contributed by atoms with E-state index in [9.17, 15) is 18.4 Å². The van der Waals surface area contributed by atoms with Gasteiger partial charge in [-0.05, 0) is 43.5 Å². The highest BCUT2D eigenvalue weighted by Crippen LogP contribution is 2.33. The van der Waals surface area contributed by atoms with Gasteiger partial charge >= 0.3 is 6.61 Å². The molecule has 0 aliphatic heterocycles. The number of alkyl halides is 2. The third-order valence-electron chi connectivity index (χ3n) is 5.28. The van der Waals surface area contributed by atoms with Gasteiger partial charge in [0.25, 0.3) is 5.56 Å². The lowest BCUT2D eigenvalue weighted by Crippen LogP contribution is -2.34. The van der Waals surface area contributed by atoms with Crippen molar-refractivity contribution in [2.45, 2.75) is 45.4 Å². The minimum absolute atomic E-state index is 0.0404. The quantitative estimate of drug-likeness (QED) is 0.546. The topological polar surface area (TPSA) is 84.5 Å². The van der Waals surface area contributed by atoms with Crippen molar-refractivity contribution < 1.29 is 23.0 Å². The van der Waals surface area contributed by atoms with Crippen LogP contribution in [0.3, 0.4) is 0 Å². The number of fused-ring (bicyclic) bond motifs is 1. The van der Waals surface area contributed by atoms with E-state index in [2.05, 4.69) is 14.9 Å². The van der Waals surface area contributed by atoms with Crippen molar-refractivity contribution in [1.29, 1.82) is 0 Å². The fraction of sp³-hybridized carbons (Fsp3) is 0.348. The molecule has 1 aromatic heterocycles. The summed E-state index contributed by atoms with van der Waals surface area (Å²) >= 11 is 0. The van der Waals surface area contributed by atoms with Gasteiger partial charge in [0.15, 0.2) is 11.5 Å². The van der Waals surface area contributed by atoms with Crippen molar-refractivity contribution in [1.82, 2.24) is 15.1 Å². The summed E-state index contributed by atoms with van der Waals surface area (Å²) in [7, 11) is 0. The Morgan fingerprint density at radius 1 is 1.19 bits per heavy atom. The number of halogens is 2. The molecule has 0 saturated heterocycles. The highest BCUT2D eigenvalue weighted by Gasteiger charge is 2.33. The van der Waals surface area contributed by atoms with Gasteiger partial charge in [-0.2, -0.15) is 13.9 Å². The van der Waals surface area contributed by atoms with Crippen molar-refractivity contribution in [3.8, 4) is 11.5 Å². The predicted molar refractivity (Wildman–Crippen MR) is 114 cm³/mol. The van der Waals surface area contributed by atoms with Crippen LogP contribution in [0.15, 0.2) is 47.3 Å². The van der Waals surface area contributed by atoms with Crippen molar-refractivity contribution in [3.05, 3.63) is 64.1 Å². The predicted octanol–water partition coefficient (Wildman–Crippen LogP) is 3.66. The molecule has 1 saturated carbocycles. The van der Waals surface area contributed by atoms with Gasteiger partial charge in [-0.25, -0.2) is 5.10 Å². The van der Waals surface area contributed by atoms with Gasteiger partial charge in [0.2, 0.25) is 5.91 Å². The van der Waals surface area contributed by atoms with E-state index in [-0.39, 0.29) is 35.4 Å². The molecule has 9 heteroatoms. The van der Waals surface area contributed by atoms with Gasteiger partial charge in [0.05, 0.1) is 24.1 Å². The van der Waals surface area contributed by atoms with Crippen LogP contribution in [-0.4, -0.2) is 40.3 Å². The highest BCUT2D eigenvalue weighted by atomic mass is 19.3. The molecule has 2 aromatic carbocycles. The maximum atomic E-state index is 13.2. The molecule has 32 heavy (non-hydrogen) atoms. The van der Waals surface area contributed by atoms with Crippen molar-refractivity contribution >= 4 is 16.7 Å². The summed E-state index contributed by atoms with van der Waals surface area (Å²) in [6.07, 6.45) is 1.84. The van der Waals surface area contributed by atoms with Crippen LogP contribution in [0.2, 0.25) is 0 Å². The molecule has 3 aromatic rings. The summed E-state index contributed by atoms with van der Waals surface area (Å²) in [5.74, 6) is 0.0451. The lowest BCUT2D eigenvalue weighted by atomic mass is 10.1. The van der Waals surface area contributed by atoms with Crippen LogP contribution >= 0.6 is 0 Å². The monoisotopic (exact) mass is 443 g/mol. The molecule has 1 aliphatic rings. The third kappa shape index (κ3) is 4.87. The Morgan fingerprint density at radius 2 is 1.94 bits per heavy atom. The number of benzene rings is 2. The fourth-order valence-electron chi connectivity index (χ4n) is 3.67. The smallest absolute Gasteiger partial charge is 0.387 e. The maximum absolute atomic E-state index is 13.2. The molecule has 4 rings (SSSR count). The molecule has 7 nitrogen and oxygen atoms in total. The average molecular weight is 443 g/mol. The summed E-state index contributed by atoms with van der Waals surface area (Å²) in [4.78, 5) is 27.0. The Balaban J connectivity index is 1.56. The molecule has 0 bridgehead atoms. The van der Waals surface area contributed by atoms with E-state index in [1.807, 2.05) is 0 Å². The number of ether oxygens (including phenoxy) is 2. The van der Waals surface area contributed by atoms with Gasteiger partial charge < -0.3 is 14.4 Å². The number of H-pyrrole nitrogens is 1.